The molecule has 6 heteroatoms. The van der Waals surface area contributed by atoms with Crippen LogP contribution in [0.5, 0.6) is 5.75 Å². The Bertz CT molecular complexity index is 683. The molecule has 1 aliphatic heterocycles. The normalized spacial score (nSPS) is 18.1. The van der Waals surface area contributed by atoms with Crippen molar-refractivity contribution >= 4 is 11.6 Å². The quantitative estimate of drug-likeness (QED) is 0.919. The van der Waals surface area contributed by atoms with Gasteiger partial charge in [0.05, 0.1) is 19.7 Å². The lowest BCUT2D eigenvalue weighted by Gasteiger charge is -2.21. The Morgan fingerprint density at radius 3 is 3.09 bits per heavy atom. The second-order valence-electron chi connectivity index (χ2n) is 5.77. The maximum absolute atomic E-state index is 12.3. The minimum atomic E-state index is -0.0367. The van der Waals surface area contributed by atoms with Gasteiger partial charge in [0, 0.05) is 17.8 Å². The van der Waals surface area contributed by atoms with Gasteiger partial charge in [0.1, 0.15) is 17.2 Å². The number of carbonyl (C=O) groups is 1. The van der Waals surface area contributed by atoms with Crippen LogP contribution in [0.2, 0.25) is 0 Å². The fourth-order valence-corrected chi connectivity index (χ4v) is 2.98. The number of benzene rings is 1. The van der Waals surface area contributed by atoms with E-state index in [2.05, 4.69) is 15.4 Å². The van der Waals surface area contributed by atoms with E-state index in [1.165, 1.54) is 0 Å². The first kappa shape index (κ1) is 15.6. The zero-order valence-corrected chi connectivity index (χ0v) is 13.4. The van der Waals surface area contributed by atoms with Crippen molar-refractivity contribution in [3.8, 4) is 5.75 Å². The van der Waals surface area contributed by atoms with Gasteiger partial charge in [0.25, 0.3) is 0 Å². The Morgan fingerprint density at radius 2 is 2.35 bits per heavy atom. The third kappa shape index (κ3) is 3.71. The number of ether oxygens (including phenoxy) is 1. The van der Waals surface area contributed by atoms with Crippen molar-refractivity contribution in [1.29, 1.82) is 0 Å². The summed E-state index contributed by atoms with van der Waals surface area (Å²) in [6.07, 6.45) is 2.06. The Balaban J connectivity index is 1.62. The summed E-state index contributed by atoms with van der Waals surface area (Å²) in [6, 6.07) is 9.46. The maximum atomic E-state index is 12.3. The van der Waals surface area contributed by atoms with Gasteiger partial charge in [-0.1, -0.05) is 11.2 Å². The number of carbonyl (C=O) groups excluding carboxylic acids is 1. The molecule has 0 radical (unpaired) electrons. The van der Waals surface area contributed by atoms with Gasteiger partial charge in [-0.05, 0) is 38.4 Å². The van der Waals surface area contributed by atoms with E-state index >= 15 is 0 Å². The van der Waals surface area contributed by atoms with Crippen LogP contribution in [0.4, 0.5) is 5.69 Å². The zero-order chi connectivity index (χ0) is 16.2. The summed E-state index contributed by atoms with van der Waals surface area (Å²) < 4.78 is 10.3. The number of nitrogens with one attached hydrogen (secondary N) is 1. The van der Waals surface area contributed by atoms with Gasteiger partial charge in [-0.25, -0.2) is 0 Å². The average molecular weight is 315 g/mol. The number of amides is 1. The van der Waals surface area contributed by atoms with Crippen LogP contribution in [-0.4, -0.2) is 36.2 Å². The van der Waals surface area contributed by atoms with Crippen LogP contribution in [0.15, 0.2) is 34.9 Å². The molecule has 1 aromatic heterocycles. The van der Waals surface area contributed by atoms with Crippen LogP contribution in [0.3, 0.4) is 0 Å². The molecule has 1 saturated heterocycles. The van der Waals surface area contributed by atoms with Crippen LogP contribution in [0.25, 0.3) is 0 Å². The van der Waals surface area contributed by atoms with Crippen LogP contribution >= 0.6 is 0 Å². The van der Waals surface area contributed by atoms with Crippen LogP contribution in [-0.2, 0) is 4.79 Å². The summed E-state index contributed by atoms with van der Waals surface area (Å²) in [5.41, 5.74) is 1.65. The fraction of sp³-hybridized carbons (Fsp3) is 0.412. The minimum Gasteiger partial charge on any atom is -0.497 e. The summed E-state index contributed by atoms with van der Waals surface area (Å²) in [6.45, 7) is 3.11. The Hall–Kier alpha value is -2.34. The van der Waals surface area contributed by atoms with E-state index < -0.39 is 0 Å². The van der Waals surface area contributed by atoms with Gasteiger partial charge in [-0.2, -0.15) is 0 Å². The second-order valence-corrected chi connectivity index (χ2v) is 5.77. The predicted molar refractivity (Wildman–Crippen MR) is 86.4 cm³/mol. The summed E-state index contributed by atoms with van der Waals surface area (Å²) in [5, 5.41) is 7.01. The molecule has 3 rings (SSSR count). The van der Waals surface area contributed by atoms with E-state index in [1.54, 1.807) is 13.2 Å². The summed E-state index contributed by atoms with van der Waals surface area (Å²) in [4.78, 5) is 14.5. The van der Waals surface area contributed by atoms with Crippen molar-refractivity contribution in [2.24, 2.45) is 0 Å². The number of hydrogen-bond acceptors (Lipinski definition) is 5. The summed E-state index contributed by atoms with van der Waals surface area (Å²) >= 11 is 0. The topological polar surface area (TPSA) is 67.6 Å². The molecule has 6 nitrogen and oxygen atoms in total. The zero-order valence-electron chi connectivity index (χ0n) is 13.4. The predicted octanol–water partition coefficient (Wildman–Crippen LogP) is 2.77. The van der Waals surface area contributed by atoms with E-state index in [0.717, 1.165) is 42.3 Å². The lowest BCUT2D eigenvalue weighted by Crippen LogP contribution is -2.33. The number of likely N-dealkylation sites (tertiary alicyclic amines) is 1. The minimum absolute atomic E-state index is 0.0367. The van der Waals surface area contributed by atoms with Crippen LogP contribution < -0.4 is 10.1 Å². The lowest BCUT2D eigenvalue weighted by molar-refractivity contribution is -0.117. The summed E-state index contributed by atoms with van der Waals surface area (Å²) in [5.74, 6) is 1.48. The molecule has 0 aliphatic carbocycles. The second kappa shape index (κ2) is 6.83. The number of rotatable bonds is 5. The molecule has 0 spiro atoms. The largest absolute Gasteiger partial charge is 0.497 e. The van der Waals surface area contributed by atoms with Crippen molar-refractivity contribution in [3.05, 3.63) is 41.8 Å². The van der Waals surface area contributed by atoms with Crippen molar-refractivity contribution in [2.75, 3.05) is 25.5 Å². The molecule has 1 N–H and O–H groups in total. The van der Waals surface area contributed by atoms with Gasteiger partial charge in [-0.15, -0.1) is 0 Å². The van der Waals surface area contributed by atoms with Gasteiger partial charge in [0.15, 0.2) is 0 Å². The van der Waals surface area contributed by atoms with E-state index in [4.69, 9.17) is 9.26 Å². The molecule has 2 heterocycles. The highest BCUT2D eigenvalue weighted by Crippen LogP contribution is 2.31. The molecule has 1 atom stereocenters. The lowest BCUT2D eigenvalue weighted by atomic mass is 10.1. The molecule has 1 amide bonds. The smallest absolute Gasteiger partial charge is 0.238 e. The third-order valence-electron chi connectivity index (χ3n) is 4.05. The van der Waals surface area contributed by atoms with Crippen LogP contribution in [0.1, 0.15) is 30.3 Å². The number of hydrogen-bond donors (Lipinski definition) is 1. The van der Waals surface area contributed by atoms with E-state index in [0.29, 0.717) is 6.54 Å². The van der Waals surface area contributed by atoms with Crippen molar-refractivity contribution in [3.63, 3.8) is 0 Å². The van der Waals surface area contributed by atoms with Gasteiger partial charge >= 0.3 is 0 Å². The highest BCUT2D eigenvalue weighted by molar-refractivity contribution is 5.92. The van der Waals surface area contributed by atoms with E-state index in [1.807, 2.05) is 31.2 Å². The number of nitrogens with zero attached hydrogens (tertiary/aromatic N) is 2. The third-order valence-corrected chi connectivity index (χ3v) is 4.05. The molecule has 122 valence electrons. The van der Waals surface area contributed by atoms with Crippen molar-refractivity contribution < 1.29 is 14.1 Å². The van der Waals surface area contributed by atoms with Crippen molar-refractivity contribution in [2.45, 2.75) is 25.8 Å². The molecular weight excluding hydrogens is 294 g/mol. The molecule has 2 aromatic rings. The maximum Gasteiger partial charge on any atom is 0.238 e. The molecule has 1 fully saturated rings. The van der Waals surface area contributed by atoms with Gasteiger partial charge < -0.3 is 14.6 Å². The first-order valence-electron chi connectivity index (χ1n) is 7.77. The van der Waals surface area contributed by atoms with Gasteiger partial charge in [0.2, 0.25) is 5.91 Å². The molecule has 1 aromatic carbocycles. The number of aryl methyl sites for hydroxylation is 1. The van der Waals surface area contributed by atoms with Crippen LogP contribution in [0, 0.1) is 6.92 Å². The standard InChI is InChI=1S/C17H21N3O3/c1-12-9-15(19-23-12)16-7-4-8-20(16)11-17(21)18-13-5-3-6-14(10-13)22-2/h3,5-6,9-10,16H,4,7-8,11H2,1-2H3,(H,18,21). The number of methoxy groups -OCH3 is 1. The molecule has 23 heavy (non-hydrogen) atoms. The summed E-state index contributed by atoms with van der Waals surface area (Å²) in [7, 11) is 1.61. The number of aromatic nitrogens is 1. The van der Waals surface area contributed by atoms with E-state index in [9.17, 15) is 4.79 Å². The highest BCUT2D eigenvalue weighted by Gasteiger charge is 2.29. The number of anilines is 1. The monoisotopic (exact) mass is 315 g/mol. The average Bonchev–Trinajstić information content (AvgIpc) is 3.16. The Kier molecular flexibility index (Phi) is 4.62. The first-order valence-corrected chi connectivity index (χ1v) is 7.77. The molecule has 0 saturated carbocycles. The SMILES string of the molecule is COc1cccc(NC(=O)CN2CCCC2c2cc(C)on2)c1. The molecule has 1 aliphatic rings. The first-order chi connectivity index (χ1) is 11.2. The molecule has 0 bridgehead atoms. The van der Waals surface area contributed by atoms with Crippen molar-refractivity contribution in [1.82, 2.24) is 10.1 Å². The Morgan fingerprint density at radius 1 is 1.48 bits per heavy atom. The fourth-order valence-electron chi connectivity index (χ4n) is 2.98. The Labute approximate surface area is 135 Å². The highest BCUT2D eigenvalue weighted by atomic mass is 16.5. The molecular formula is C17H21N3O3. The van der Waals surface area contributed by atoms with Gasteiger partial charge in [-0.3, -0.25) is 9.69 Å². The van der Waals surface area contributed by atoms with E-state index in [-0.39, 0.29) is 11.9 Å². The molecule has 1 unspecified atom stereocenters.